The first kappa shape index (κ1) is 14.5. The van der Waals surface area contributed by atoms with E-state index >= 15 is 0 Å². The summed E-state index contributed by atoms with van der Waals surface area (Å²) in [6.07, 6.45) is 0. The van der Waals surface area contributed by atoms with Crippen molar-refractivity contribution in [2.75, 3.05) is 0 Å². The number of fused-ring (bicyclic) bond motifs is 1. The molecule has 0 spiro atoms. The van der Waals surface area contributed by atoms with Crippen molar-refractivity contribution in [2.24, 2.45) is 0 Å². The molecule has 0 fully saturated rings. The van der Waals surface area contributed by atoms with E-state index in [0.29, 0.717) is 21.6 Å². The minimum absolute atomic E-state index is 0.0787. The van der Waals surface area contributed by atoms with Crippen LogP contribution in [0.5, 0.6) is 0 Å². The lowest BCUT2D eigenvalue weighted by Crippen LogP contribution is -2.20. The van der Waals surface area contributed by atoms with Gasteiger partial charge >= 0.3 is 5.97 Å². The fourth-order valence-electron chi connectivity index (χ4n) is 2.20. The fraction of sp³-hybridized carbons (Fsp3) is 0. The number of hydrogen-bond acceptors (Lipinski definition) is 3. The summed E-state index contributed by atoms with van der Waals surface area (Å²) in [7, 11) is 0. The third kappa shape index (κ3) is 2.43. The van der Waals surface area contributed by atoms with Gasteiger partial charge in [0.1, 0.15) is 0 Å². The van der Waals surface area contributed by atoms with E-state index in [0.717, 1.165) is 0 Å². The number of rotatable bonds is 2. The van der Waals surface area contributed by atoms with Gasteiger partial charge in [-0.05, 0) is 48.6 Å². The number of carbonyl (C=O) groups is 1. The van der Waals surface area contributed by atoms with Gasteiger partial charge in [0.2, 0.25) is 0 Å². The van der Waals surface area contributed by atoms with Crippen LogP contribution < -0.4 is 5.56 Å². The van der Waals surface area contributed by atoms with Gasteiger partial charge < -0.3 is 10.1 Å². The number of halogens is 1. The molecule has 3 aromatic rings. The van der Waals surface area contributed by atoms with Gasteiger partial charge in [-0.25, -0.2) is 4.79 Å². The van der Waals surface area contributed by atoms with E-state index in [9.17, 15) is 9.59 Å². The molecule has 110 valence electrons. The first-order chi connectivity index (χ1) is 10.5. The van der Waals surface area contributed by atoms with Gasteiger partial charge in [-0.3, -0.25) is 9.36 Å². The Morgan fingerprint density at radius 2 is 2.00 bits per heavy atom. The monoisotopic (exact) mass is 332 g/mol. The molecular weight excluding hydrogens is 324 g/mol. The number of H-pyrrole nitrogens is 1. The van der Waals surface area contributed by atoms with Gasteiger partial charge in [-0.1, -0.05) is 17.7 Å². The van der Waals surface area contributed by atoms with Gasteiger partial charge in [0.25, 0.3) is 5.56 Å². The Bertz CT molecular complexity index is 1020. The smallest absolute Gasteiger partial charge is 0.335 e. The summed E-state index contributed by atoms with van der Waals surface area (Å²) in [6, 6.07) is 10.9. The molecular formula is C15H9ClN2O3S. The van der Waals surface area contributed by atoms with Gasteiger partial charge in [0, 0.05) is 5.02 Å². The van der Waals surface area contributed by atoms with Crippen molar-refractivity contribution in [2.45, 2.75) is 0 Å². The van der Waals surface area contributed by atoms with Crippen LogP contribution in [0.15, 0.2) is 47.3 Å². The quantitative estimate of drug-likeness (QED) is 0.705. The van der Waals surface area contributed by atoms with Crippen molar-refractivity contribution >= 4 is 40.7 Å². The van der Waals surface area contributed by atoms with Gasteiger partial charge in [0.05, 0.1) is 22.2 Å². The highest BCUT2D eigenvalue weighted by atomic mass is 35.5. The number of benzene rings is 2. The number of carboxylic acids is 1. The summed E-state index contributed by atoms with van der Waals surface area (Å²) in [5.41, 5.74) is 0.670. The molecule has 0 aliphatic carbocycles. The molecule has 0 aliphatic rings. The van der Waals surface area contributed by atoms with E-state index < -0.39 is 5.97 Å². The number of aromatic amines is 1. The van der Waals surface area contributed by atoms with Crippen LogP contribution in [0.3, 0.4) is 0 Å². The van der Waals surface area contributed by atoms with Crippen LogP contribution in [0.2, 0.25) is 5.02 Å². The zero-order valence-corrected chi connectivity index (χ0v) is 12.6. The van der Waals surface area contributed by atoms with Crippen LogP contribution in [0.4, 0.5) is 0 Å². The maximum atomic E-state index is 12.6. The second-order valence-electron chi connectivity index (χ2n) is 4.62. The van der Waals surface area contributed by atoms with Crippen molar-refractivity contribution in [3.05, 3.63) is 68.2 Å². The van der Waals surface area contributed by atoms with Crippen LogP contribution in [0, 0.1) is 4.77 Å². The molecule has 7 heteroatoms. The fourth-order valence-corrected chi connectivity index (χ4v) is 2.67. The molecule has 1 aromatic heterocycles. The number of carboxylic acid groups (broad SMARTS) is 1. The van der Waals surface area contributed by atoms with Crippen molar-refractivity contribution < 1.29 is 9.90 Å². The highest BCUT2D eigenvalue weighted by molar-refractivity contribution is 7.71. The molecule has 0 saturated heterocycles. The Hall–Kier alpha value is -2.44. The third-order valence-corrected chi connectivity index (χ3v) is 3.73. The minimum Gasteiger partial charge on any atom is -0.478 e. The lowest BCUT2D eigenvalue weighted by molar-refractivity contribution is 0.0697. The number of hydrogen-bond donors (Lipinski definition) is 2. The average molecular weight is 333 g/mol. The van der Waals surface area contributed by atoms with Gasteiger partial charge in [-0.2, -0.15) is 0 Å². The maximum Gasteiger partial charge on any atom is 0.335 e. The normalized spacial score (nSPS) is 10.8. The van der Waals surface area contributed by atoms with Crippen molar-refractivity contribution in [1.29, 1.82) is 0 Å². The SMILES string of the molecule is O=C(O)c1cccc(-n2c(=S)[nH]c3cc(Cl)ccc3c2=O)c1. The molecule has 1 heterocycles. The number of nitrogens with one attached hydrogen (secondary N) is 1. The Labute approximate surface area is 134 Å². The van der Waals surface area contributed by atoms with Crippen molar-refractivity contribution in [1.82, 2.24) is 9.55 Å². The Balaban J connectivity index is 2.34. The van der Waals surface area contributed by atoms with Crippen molar-refractivity contribution in [3.8, 4) is 5.69 Å². The van der Waals surface area contributed by atoms with E-state index in [2.05, 4.69) is 4.98 Å². The topological polar surface area (TPSA) is 75.1 Å². The lowest BCUT2D eigenvalue weighted by atomic mass is 10.2. The second kappa shape index (κ2) is 5.40. The molecule has 0 saturated carbocycles. The van der Waals surface area contributed by atoms with Crippen LogP contribution in [-0.2, 0) is 0 Å². The Morgan fingerprint density at radius 3 is 2.73 bits per heavy atom. The predicted octanol–water partition coefficient (Wildman–Crippen LogP) is 3.40. The Morgan fingerprint density at radius 1 is 1.23 bits per heavy atom. The molecule has 22 heavy (non-hydrogen) atoms. The Kier molecular flexibility index (Phi) is 3.56. The average Bonchev–Trinajstić information content (AvgIpc) is 2.47. The molecule has 0 atom stereocenters. The number of aromatic carboxylic acids is 1. The maximum absolute atomic E-state index is 12.6. The molecule has 2 aromatic carbocycles. The number of aromatic nitrogens is 2. The summed E-state index contributed by atoms with van der Waals surface area (Å²) in [5, 5.41) is 9.97. The molecule has 0 aliphatic heterocycles. The summed E-state index contributed by atoms with van der Waals surface area (Å²) in [6.45, 7) is 0. The standard InChI is InChI=1S/C15H9ClN2O3S/c16-9-4-5-11-12(7-9)17-15(22)18(13(11)19)10-3-1-2-8(6-10)14(20)21/h1-7H,(H,17,22)(H,20,21). The molecule has 0 unspecified atom stereocenters. The van der Waals surface area contributed by atoms with E-state index in [1.165, 1.54) is 16.7 Å². The summed E-state index contributed by atoms with van der Waals surface area (Å²) in [5.74, 6) is -1.07. The van der Waals surface area contributed by atoms with E-state index in [1.54, 1.807) is 30.3 Å². The molecule has 0 amide bonds. The van der Waals surface area contributed by atoms with Crippen LogP contribution in [-0.4, -0.2) is 20.6 Å². The second-order valence-corrected chi connectivity index (χ2v) is 5.44. The molecule has 0 radical (unpaired) electrons. The molecule has 5 nitrogen and oxygen atoms in total. The summed E-state index contributed by atoms with van der Waals surface area (Å²) >= 11 is 11.1. The van der Waals surface area contributed by atoms with Crippen LogP contribution in [0.25, 0.3) is 16.6 Å². The molecule has 2 N–H and O–H groups in total. The lowest BCUT2D eigenvalue weighted by Gasteiger charge is -2.09. The third-order valence-electron chi connectivity index (χ3n) is 3.21. The van der Waals surface area contributed by atoms with E-state index in [1.807, 2.05) is 0 Å². The largest absolute Gasteiger partial charge is 0.478 e. The summed E-state index contributed by atoms with van der Waals surface area (Å²) < 4.78 is 1.43. The van der Waals surface area contributed by atoms with Crippen molar-refractivity contribution in [3.63, 3.8) is 0 Å². The van der Waals surface area contributed by atoms with Gasteiger partial charge in [-0.15, -0.1) is 0 Å². The minimum atomic E-state index is -1.07. The predicted molar refractivity (Wildman–Crippen MR) is 86.7 cm³/mol. The highest BCUT2D eigenvalue weighted by Crippen LogP contribution is 2.16. The first-order valence-electron chi connectivity index (χ1n) is 6.26. The van der Waals surface area contributed by atoms with E-state index in [4.69, 9.17) is 28.9 Å². The zero-order valence-electron chi connectivity index (χ0n) is 11.0. The van der Waals surface area contributed by atoms with Crippen LogP contribution in [0.1, 0.15) is 10.4 Å². The first-order valence-corrected chi connectivity index (χ1v) is 7.04. The van der Waals surface area contributed by atoms with Gasteiger partial charge in [0.15, 0.2) is 4.77 Å². The van der Waals surface area contributed by atoms with E-state index in [-0.39, 0.29) is 15.9 Å². The zero-order chi connectivity index (χ0) is 15.9. The van der Waals surface area contributed by atoms with Crippen LogP contribution >= 0.6 is 23.8 Å². The highest BCUT2D eigenvalue weighted by Gasteiger charge is 2.10. The number of nitrogens with zero attached hydrogens (tertiary/aromatic N) is 1. The molecule has 3 rings (SSSR count). The summed E-state index contributed by atoms with van der Waals surface area (Å²) in [4.78, 5) is 26.6. The molecule has 0 bridgehead atoms.